The molecule has 0 saturated carbocycles. The molecule has 0 radical (unpaired) electrons. The van der Waals surface area contributed by atoms with E-state index in [1.165, 1.54) is 19.1 Å². The van der Waals surface area contributed by atoms with Gasteiger partial charge in [0.05, 0.1) is 13.7 Å². The minimum atomic E-state index is -1.53. The topological polar surface area (TPSA) is 38.3 Å². The summed E-state index contributed by atoms with van der Waals surface area (Å²) in [6.45, 7) is 1.40. The lowest BCUT2D eigenvalue weighted by Gasteiger charge is -2.28. The number of halogens is 2. The predicted octanol–water partition coefficient (Wildman–Crippen LogP) is 1.58. The summed E-state index contributed by atoms with van der Waals surface area (Å²) in [5.74, 6) is -0.616. The van der Waals surface area contributed by atoms with Crippen molar-refractivity contribution >= 4 is 5.97 Å². The lowest BCUT2D eigenvalue weighted by atomic mass is 9.91. The fourth-order valence-corrected chi connectivity index (χ4v) is 1.60. The summed E-state index contributed by atoms with van der Waals surface area (Å²) >= 11 is 0. The Morgan fingerprint density at radius 1 is 1.56 bits per heavy atom. The molecule has 0 bridgehead atoms. The molecule has 0 amide bonds. The zero-order chi connectivity index (χ0) is 13.8. The first-order valence-corrected chi connectivity index (χ1v) is 5.18. The highest BCUT2D eigenvalue weighted by Crippen LogP contribution is 2.26. The molecule has 5 heteroatoms. The van der Waals surface area contributed by atoms with Gasteiger partial charge in [-0.2, -0.15) is 0 Å². The normalized spacial score (nSPS) is 13.5. The Kier molecular flexibility index (Phi) is 4.40. The third-order valence-electron chi connectivity index (χ3n) is 2.63. The maximum Gasteiger partial charge on any atom is 0.330 e. The molecule has 0 aromatic heterocycles. The van der Waals surface area contributed by atoms with Crippen LogP contribution in [0.1, 0.15) is 12.5 Å². The van der Waals surface area contributed by atoms with Crippen LogP contribution in [-0.4, -0.2) is 19.6 Å². The van der Waals surface area contributed by atoms with Crippen molar-refractivity contribution in [2.75, 3.05) is 13.7 Å². The van der Waals surface area contributed by atoms with Gasteiger partial charge >= 0.3 is 5.97 Å². The molecule has 0 aliphatic heterocycles. The van der Waals surface area contributed by atoms with Crippen LogP contribution in [0.4, 0.5) is 8.78 Å². The maximum absolute atomic E-state index is 13.7. The molecule has 3 nitrogen and oxygen atoms in total. The van der Waals surface area contributed by atoms with Gasteiger partial charge in [0.25, 0.3) is 0 Å². The number of carbonyl (C=O) groups is 1. The van der Waals surface area contributed by atoms with Gasteiger partial charge in [-0.05, 0) is 13.0 Å². The van der Waals surface area contributed by atoms with Crippen LogP contribution in [0.5, 0.6) is 0 Å². The summed E-state index contributed by atoms with van der Waals surface area (Å²) < 4.78 is 31.6. The van der Waals surface area contributed by atoms with E-state index in [9.17, 15) is 13.6 Å². The summed E-state index contributed by atoms with van der Waals surface area (Å²) in [7, 11) is 1.16. The van der Waals surface area contributed by atoms with E-state index in [2.05, 4.69) is 16.0 Å². The fraction of sp³-hybridized carbons (Fsp3) is 0.308. The molecule has 0 aliphatic carbocycles. The van der Waals surface area contributed by atoms with Crippen molar-refractivity contribution in [2.45, 2.75) is 12.5 Å². The largest absolute Gasteiger partial charge is 0.467 e. The first-order valence-electron chi connectivity index (χ1n) is 5.18. The van der Waals surface area contributed by atoms with E-state index in [4.69, 9.17) is 6.42 Å². The average molecular weight is 253 g/mol. The molecule has 1 atom stereocenters. The van der Waals surface area contributed by atoms with Crippen LogP contribution in [0.2, 0.25) is 0 Å². The minimum Gasteiger partial charge on any atom is -0.467 e. The average Bonchev–Trinajstić information content (AvgIpc) is 2.38. The zero-order valence-electron chi connectivity index (χ0n) is 10.1. The van der Waals surface area contributed by atoms with Crippen LogP contribution in [0.15, 0.2) is 18.2 Å². The van der Waals surface area contributed by atoms with E-state index >= 15 is 0 Å². The second-order valence-corrected chi connectivity index (χ2v) is 3.78. The molecular formula is C13H13F2NO2. The van der Waals surface area contributed by atoms with Gasteiger partial charge in [-0.1, -0.05) is 18.1 Å². The van der Waals surface area contributed by atoms with Crippen molar-refractivity contribution < 1.29 is 18.3 Å². The van der Waals surface area contributed by atoms with Crippen molar-refractivity contribution in [2.24, 2.45) is 0 Å². The van der Waals surface area contributed by atoms with Gasteiger partial charge in [-0.25, -0.2) is 13.6 Å². The van der Waals surface area contributed by atoms with E-state index in [0.29, 0.717) is 0 Å². The number of rotatable bonds is 4. The van der Waals surface area contributed by atoms with Gasteiger partial charge in [0, 0.05) is 5.56 Å². The van der Waals surface area contributed by atoms with Crippen molar-refractivity contribution in [3.63, 3.8) is 0 Å². The first kappa shape index (κ1) is 14.1. The summed E-state index contributed by atoms with van der Waals surface area (Å²) in [5, 5.41) is 2.66. The molecule has 0 spiro atoms. The number of ether oxygens (including phenoxy) is 1. The Morgan fingerprint density at radius 3 is 2.78 bits per heavy atom. The van der Waals surface area contributed by atoms with Crippen molar-refractivity contribution in [1.29, 1.82) is 0 Å². The number of hydrogen-bond donors (Lipinski definition) is 1. The molecule has 96 valence electrons. The van der Waals surface area contributed by atoms with E-state index in [1.54, 1.807) is 0 Å². The molecule has 1 unspecified atom stereocenters. The van der Waals surface area contributed by atoms with Crippen LogP contribution in [-0.2, 0) is 15.1 Å². The molecule has 1 aromatic carbocycles. The van der Waals surface area contributed by atoms with Gasteiger partial charge in [0.15, 0.2) is 11.6 Å². The smallest absolute Gasteiger partial charge is 0.330 e. The van der Waals surface area contributed by atoms with Gasteiger partial charge < -0.3 is 4.74 Å². The summed E-state index contributed by atoms with van der Waals surface area (Å²) in [4.78, 5) is 11.8. The third-order valence-corrected chi connectivity index (χ3v) is 2.63. The molecular weight excluding hydrogens is 240 g/mol. The quantitative estimate of drug-likeness (QED) is 0.654. The number of methoxy groups -OCH3 is 1. The van der Waals surface area contributed by atoms with Crippen LogP contribution in [0.3, 0.4) is 0 Å². The number of benzene rings is 1. The Morgan fingerprint density at radius 2 is 2.22 bits per heavy atom. The molecule has 0 fully saturated rings. The second-order valence-electron chi connectivity index (χ2n) is 3.78. The molecule has 18 heavy (non-hydrogen) atoms. The zero-order valence-corrected chi connectivity index (χ0v) is 10.1. The molecule has 0 aliphatic rings. The predicted molar refractivity (Wildman–Crippen MR) is 62.6 cm³/mol. The number of esters is 1. The van der Waals surface area contributed by atoms with Gasteiger partial charge in [-0.3, -0.25) is 5.32 Å². The molecule has 0 saturated heterocycles. The molecule has 0 heterocycles. The number of carbonyl (C=O) groups excluding carboxylic acids is 1. The second kappa shape index (κ2) is 5.61. The highest BCUT2D eigenvalue weighted by Gasteiger charge is 2.38. The molecule has 1 N–H and O–H groups in total. The minimum absolute atomic E-state index is 0.0154. The Bertz CT molecular complexity index is 496. The van der Waals surface area contributed by atoms with Crippen molar-refractivity contribution in [3.8, 4) is 12.3 Å². The van der Waals surface area contributed by atoms with Gasteiger partial charge in [0.2, 0.25) is 0 Å². The van der Waals surface area contributed by atoms with Crippen molar-refractivity contribution in [3.05, 3.63) is 35.4 Å². The summed E-state index contributed by atoms with van der Waals surface area (Å²) in [6.07, 6.45) is 5.09. The summed E-state index contributed by atoms with van der Waals surface area (Å²) in [6, 6.07) is 3.59. The Hall–Kier alpha value is -1.93. The molecule has 1 rings (SSSR count). The lowest BCUT2D eigenvalue weighted by molar-refractivity contribution is -0.148. The van der Waals surface area contributed by atoms with E-state index < -0.39 is 23.1 Å². The van der Waals surface area contributed by atoms with E-state index in [0.717, 1.165) is 13.2 Å². The third kappa shape index (κ3) is 2.49. The van der Waals surface area contributed by atoms with Gasteiger partial charge in [0.1, 0.15) is 5.54 Å². The Balaban J connectivity index is 3.30. The first-order chi connectivity index (χ1) is 8.47. The van der Waals surface area contributed by atoms with Crippen LogP contribution in [0.25, 0.3) is 0 Å². The fourth-order valence-electron chi connectivity index (χ4n) is 1.60. The lowest BCUT2D eigenvalue weighted by Crippen LogP contribution is -2.48. The van der Waals surface area contributed by atoms with Crippen LogP contribution >= 0.6 is 0 Å². The van der Waals surface area contributed by atoms with E-state index in [-0.39, 0.29) is 12.1 Å². The summed E-state index contributed by atoms with van der Waals surface area (Å²) in [5.41, 5.74) is -1.68. The number of nitrogens with one attached hydrogen (secondary N) is 1. The van der Waals surface area contributed by atoms with Crippen LogP contribution in [0, 0.1) is 24.0 Å². The van der Waals surface area contributed by atoms with Crippen molar-refractivity contribution in [1.82, 2.24) is 5.32 Å². The van der Waals surface area contributed by atoms with E-state index in [1.807, 2.05) is 0 Å². The van der Waals surface area contributed by atoms with Gasteiger partial charge in [-0.15, -0.1) is 6.42 Å². The molecule has 1 aromatic rings. The maximum atomic E-state index is 13.7. The number of terminal acetylenes is 1. The number of hydrogen-bond acceptors (Lipinski definition) is 3. The SMILES string of the molecule is C#CCNC(C)(C(=O)OC)c1cccc(F)c1F. The standard InChI is InChI=1S/C13H13F2NO2/c1-4-8-16-13(2,12(17)18-3)9-6-5-7-10(14)11(9)15/h1,5-7,16H,8H2,2-3H3. The highest BCUT2D eigenvalue weighted by molar-refractivity contribution is 5.82. The van der Waals surface area contributed by atoms with Crippen LogP contribution < -0.4 is 5.32 Å². The Labute approximate surface area is 104 Å². The monoisotopic (exact) mass is 253 g/mol. The highest BCUT2D eigenvalue weighted by atomic mass is 19.2.